The van der Waals surface area contributed by atoms with Gasteiger partial charge in [0.25, 0.3) is 5.91 Å². The highest BCUT2D eigenvalue weighted by Crippen LogP contribution is 2.26. The van der Waals surface area contributed by atoms with E-state index < -0.39 is 12.1 Å². The summed E-state index contributed by atoms with van der Waals surface area (Å²) in [5.41, 5.74) is 2.16. The van der Waals surface area contributed by atoms with E-state index in [1.165, 1.54) is 0 Å². The lowest BCUT2D eigenvalue weighted by molar-refractivity contribution is -0.123. The van der Waals surface area contributed by atoms with E-state index in [1.807, 2.05) is 24.3 Å². The number of carbonyl (C=O) groups excluding carboxylic acids is 2. The molecule has 134 valence electrons. The Labute approximate surface area is 148 Å². The molecule has 0 bridgehead atoms. The van der Waals surface area contributed by atoms with Crippen molar-refractivity contribution in [1.29, 1.82) is 0 Å². The third-order valence-corrected chi connectivity index (χ3v) is 4.28. The lowest BCUT2D eigenvalue weighted by Gasteiger charge is -2.18. The van der Waals surface area contributed by atoms with Crippen molar-refractivity contribution in [1.82, 2.24) is 0 Å². The van der Waals surface area contributed by atoms with Gasteiger partial charge in [-0.05, 0) is 50.8 Å². The molecule has 0 fully saturated rings. The summed E-state index contributed by atoms with van der Waals surface area (Å²) in [4.78, 5) is 24.6. The number of hydrogen-bond donors (Lipinski definition) is 1. The fourth-order valence-electron chi connectivity index (χ4n) is 2.61. The van der Waals surface area contributed by atoms with Gasteiger partial charge in [0.1, 0.15) is 17.1 Å². The van der Waals surface area contributed by atoms with Crippen LogP contribution in [0.15, 0.2) is 34.7 Å². The van der Waals surface area contributed by atoms with Crippen LogP contribution in [0, 0.1) is 13.8 Å². The lowest BCUT2D eigenvalue weighted by Crippen LogP contribution is -2.30. The van der Waals surface area contributed by atoms with E-state index in [0.29, 0.717) is 23.0 Å². The van der Waals surface area contributed by atoms with Crippen LogP contribution in [0.2, 0.25) is 0 Å². The number of anilines is 1. The van der Waals surface area contributed by atoms with Crippen molar-refractivity contribution in [2.45, 2.75) is 53.1 Å². The molecule has 5 heteroatoms. The zero-order chi connectivity index (χ0) is 18.6. The average molecular weight is 343 g/mol. The van der Waals surface area contributed by atoms with Gasteiger partial charge in [-0.3, -0.25) is 4.79 Å². The first-order valence-electron chi connectivity index (χ1n) is 8.51. The predicted molar refractivity (Wildman–Crippen MR) is 96.8 cm³/mol. The Morgan fingerprint density at radius 1 is 1.20 bits per heavy atom. The first-order valence-corrected chi connectivity index (χ1v) is 8.51. The molecule has 2 rings (SSSR count). The summed E-state index contributed by atoms with van der Waals surface area (Å²) in [5.74, 6) is 0.515. The van der Waals surface area contributed by atoms with Crippen molar-refractivity contribution in [3.8, 4) is 0 Å². The number of furan rings is 1. The van der Waals surface area contributed by atoms with Gasteiger partial charge in [0.2, 0.25) is 0 Å². The fourth-order valence-corrected chi connectivity index (χ4v) is 2.61. The summed E-state index contributed by atoms with van der Waals surface area (Å²) in [6.07, 6.45) is 0.0587. The second kappa shape index (κ2) is 8.01. The van der Waals surface area contributed by atoms with Crippen molar-refractivity contribution in [2.24, 2.45) is 0 Å². The molecule has 2 aromatic rings. The summed E-state index contributed by atoms with van der Waals surface area (Å²) >= 11 is 0. The van der Waals surface area contributed by atoms with Crippen molar-refractivity contribution >= 4 is 17.6 Å². The topological polar surface area (TPSA) is 68.5 Å². The van der Waals surface area contributed by atoms with Gasteiger partial charge in [-0.2, -0.15) is 0 Å². The van der Waals surface area contributed by atoms with Crippen LogP contribution in [0.1, 0.15) is 60.6 Å². The molecule has 1 amide bonds. The Bertz CT molecular complexity index is 763. The van der Waals surface area contributed by atoms with Gasteiger partial charge in [-0.1, -0.05) is 32.0 Å². The third kappa shape index (κ3) is 4.50. The second-order valence-electron chi connectivity index (χ2n) is 6.26. The summed E-state index contributed by atoms with van der Waals surface area (Å²) in [5, 5.41) is 2.86. The number of rotatable bonds is 6. The highest BCUT2D eigenvalue weighted by atomic mass is 16.5. The number of para-hydroxylation sites is 1. The third-order valence-electron chi connectivity index (χ3n) is 4.28. The zero-order valence-electron chi connectivity index (χ0n) is 15.4. The number of ether oxygens (including phenoxy) is 1. The summed E-state index contributed by atoms with van der Waals surface area (Å²) < 4.78 is 10.6. The fraction of sp³-hybridized carbons (Fsp3) is 0.400. The number of benzene rings is 1. The van der Waals surface area contributed by atoms with Gasteiger partial charge in [-0.15, -0.1) is 0 Å². The monoisotopic (exact) mass is 343 g/mol. The van der Waals surface area contributed by atoms with E-state index in [2.05, 4.69) is 19.2 Å². The zero-order valence-corrected chi connectivity index (χ0v) is 15.4. The normalized spacial score (nSPS) is 13.2. The summed E-state index contributed by atoms with van der Waals surface area (Å²) in [7, 11) is 0. The molecule has 5 nitrogen and oxygen atoms in total. The van der Waals surface area contributed by atoms with E-state index >= 15 is 0 Å². The molecule has 2 atom stereocenters. The molecule has 0 radical (unpaired) electrons. The molecule has 0 saturated heterocycles. The van der Waals surface area contributed by atoms with Crippen molar-refractivity contribution in [3.05, 3.63) is 53.0 Å². The molecule has 1 N–H and O–H groups in total. The number of carbonyl (C=O) groups is 2. The van der Waals surface area contributed by atoms with Crippen LogP contribution in [0.25, 0.3) is 0 Å². The van der Waals surface area contributed by atoms with Crippen molar-refractivity contribution < 1.29 is 18.7 Å². The maximum absolute atomic E-state index is 12.4. The standard InChI is InChI=1S/C20H25NO4/c1-6-12(2)16-9-7-8-10-18(16)21-19(22)15(5)25-20(23)17-11-13(3)24-14(17)4/h7-12,15H,6H2,1-5H3,(H,21,22)/t12-,15-/m0/s1. The molecule has 25 heavy (non-hydrogen) atoms. The first-order chi connectivity index (χ1) is 11.8. The molecular formula is C20H25NO4. The molecule has 0 unspecified atom stereocenters. The minimum absolute atomic E-state index is 0.325. The Morgan fingerprint density at radius 2 is 1.88 bits per heavy atom. The van der Waals surface area contributed by atoms with Gasteiger partial charge >= 0.3 is 5.97 Å². The van der Waals surface area contributed by atoms with Crippen LogP contribution >= 0.6 is 0 Å². The Hall–Kier alpha value is -2.56. The number of amides is 1. The largest absolute Gasteiger partial charge is 0.466 e. The maximum Gasteiger partial charge on any atom is 0.342 e. The highest BCUT2D eigenvalue weighted by Gasteiger charge is 2.23. The number of nitrogens with one attached hydrogen (secondary N) is 1. The molecular weight excluding hydrogens is 318 g/mol. The molecule has 0 aliphatic heterocycles. The van der Waals surface area contributed by atoms with Crippen LogP contribution in [0.4, 0.5) is 5.69 Å². The molecule has 1 aromatic heterocycles. The predicted octanol–water partition coefficient (Wildman–Crippen LogP) is 4.59. The Kier molecular flexibility index (Phi) is 6.02. The van der Waals surface area contributed by atoms with E-state index in [-0.39, 0.29) is 5.91 Å². The minimum Gasteiger partial charge on any atom is -0.466 e. The summed E-state index contributed by atoms with van der Waals surface area (Å²) in [6, 6.07) is 9.29. The Balaban J connectivity index is 2.06. The summed E-state index contributed by atoms with van der Waals surface area (Å²) in [6.45, 7) is 9.21. The van der Waals surface area contributed by atoms with Crippen molar-refractivity contribution in [2.75, 3.05) is 5.32 Å². The maximum atomic E-state index is 12.4. The molecule has 0 saturated carbocycles. The van der Waals surface area contributed by atoms with E-state index in [1.54, 1.807) is 26.8 Å². The van der Waals surface area contributed by atoms with E-state index in [4.69, 9.17) is 9.15 Å². The van der Waals surface area contributed by atoms with Gasteiger partial charge in [0, 0.05) is 5.69 Å². The smallest absolute Gasteiger partial charge is 0.342 e. The lowest BCUT2D eigenvalue weighted by atomic mass is 9.97. The van der Waals surface area contributed by atoms with Crippen molar-refractivity contribution in [3.63, 3.8) is 0 Å². The highest BCUT2D eigenvalue weighted by molar-refractivity contribution is 5.98. The second-order valence-corrected chi connectivity index (χ2v) is 6.26. The molecule has 0 aliphatic rings. The van der Waals surface area contributed by atoms with Crippen LogP contribution in [-0.4, -0.2) is 18.0 Å². The van der Waals surface area contributed by atoms with Gasteiger partial charge in [0.15, 0.2) is 6.10 Å². The van der Waals surface area contributed by atoms with E-state index in [0.717, 1.165) is 17.7 Å². The average Bonchev–Trinajstić information content (AvgIpc) is 2.93. The first kappa shape index (κ1) is 18.8. The SMILES string of the molecule is CC[C@H](C)c1ccccc1NC(=O)[C@H](C)OC(=O)c1cc(C)oc1C. The number of hydrogen-bond acceptors (Lipinski definition) is 4. The van der Waals surface area contributed by atoms with Gasteiger partial charge in [-0.25, -0.2) is 4.79 Å². The Morgan fingerprint density at radius 3 is 2.48 bits per heavy atom. The molecule has 0 aliphatic carbocycles. The van der Waals surface area contributed by atoms with Gasteiger partial charge < -0.3 is 14.5 Å². The minimum atomic E-state index is -0.910. The number of esters is 1. The quantitative estimate of drug-likeness (QED) is 0.779. The van der Waals surface area contributed by atoms with Crippen LogP contribution in [0.5, 0.6) is 0 Å². The van der Waals surface area contributed by atoms with Crippen LogP contribution < -0.4 is 5.32 Å². The molecule has 1 heterocycles. The van der Waals surface area contributed by atoms with Crippen LogP contribution in [-0.2, 0) is 9.53 Å². The van der Waals surface area contributed by atoms with E-state index in [9.17, 15) is 9.59 Å². The van der Waals surface area contributed by atoms with Gasteiger partial charge in [0.05, 0.1) is 0 Å². The number of aryl methyl sites for hydroxylation is 2. The molecule has 0 spiro atoms. The molecule has 1 aromatic carbocycles. The van der Waals surface area contributed by atoms with Crippen LogP contribution in [0.3, 0.4) is 0 Å².